The fourth-order valence-electron chi connectivity index (χ4n) is 4.02. The fourth-order valence-corrected chi connectivity index (χ4v) is 4.02. The van der Waals surface area contributed by atoms with Crippen LogP contribution in [0.15, 0.2) is 28.9 Å². The quantitative estimate of drug-likeness (QED) is 0.817. The molecule has 1 atom stereocenters. The van der Waals surface area contributed by atoms with E-state index in [2.05, 4.69) is 22.1 Å². The molecule has 0 aliphatic carbocycles. The minimum atomic E-state index is -0.442. The summed E-state index contributed by atoms with van der Waals surface area (Å²) in [7, 11) is 2.09. The van der Waals surface area contributed by atoms with Crippen molar-refractivity contribution in [3.63, 3.8) is 0 Å². The van der Waals surface area contributed by atoms with Gasteiger partial charge in [-0.1, -0.05) is 5.16 Å². The summed E-state index contributed by atoms with van der Waals surface area (Å²) >= 11 is 0. The molecule has 0 saturated carbocycles. The Bertz CT molecular complexity index is 834. The first-order valence-corrected chi connectivity index (χ1v) is 9.14. The summed E-state index contributed by atoms with van der Waals surface area (Å²) in [5.41, 5.74) is 0.641. The van der Waals surface area contributed by atoms with Crippen LogP contribution in [0.3, 0.4) is 0 Å². The molecule has 2 saturated heterocycles. The van der Waals surface area contributed by atoms with Crippen molar-refractivity contribution in [2.75, 3.05) is 33.3 Å². The first-order chi connectivity index (χ1) is 13.0. The molecular weight excluding hydrogens is 351 g/mol. The second-order valence-corrected chi connectivity index (χ2v) is 7.60. The lowest BCUT2D eigenvalue weighted by molar-refractivity contribution is -0.0706. The first kappa shape index (κ1) is 17.9. The van der Waals surface area contributed by atoms with Gasteiger partial charge in [0.25, 0.3) is 5.91 Å². The van der Waals surface area contributed by atoms with Crippen LogP contribution in [-0.2, 0) is 0 Å². The fraction of sp³-hybridized carbons (Fsp3) is 0.526. The number of hydrogen-bond donors (Lipinski definition) is 0. The molecule has 1 amide bonds. The predicted octanol–water partition coefficient (Wildman–Crippen LogP) is 2.13. The van der Waals surface area contributed by atoms with Crippen molar-refractivity contribution < 1.29 is 18.4 Å². The number of carbonyl (C=O) groups is 1. The van der Waals surface area contributed by atoms with Crippen LogP contribution in [0, 0.1) is 18.7 Å². The lowest BCUT2D eigenvalue weighted by atomic mass is 9.75. The summed E-state index contributed by atoms with van der Waals surface area (Å²) in [6.45, 7) is 4.44. The van der Waals surface area contributed by atoms with Crippen molar-refractivity contribution in [2.24, 2.45) is 5.92 Å². The monoisotopic (exact) mass is 374 g/mol. The number of rotatable bonds is 4. The van der Waals surface area contributed by atoms with E-state index in [1.54, 1.807) is 24.0 Å². The number of amides is 1. The number of pyridine rings is 1. The molecule has 1 unspecified atom stereocenters. The van der Waals surface area contributed by atoms with Gasteiger partial charge in [-0.3, -0.25) is 9.69 Å². The van der Waals surface area contributed by atoms with Gasteiger partial charge in [-0.05, 0) is 51.4 Å². The van der Waals surface area contributed by atoms with Crippen molar-refractivity contribution in [3.8, 4) is 5.88 Å². The van der Waals surface area contributed by atoms with Crippen molar-refractivity contribution in [1.82, 2.24) is 19.9 Å². The Hall–Kier alpha value is -2.48. The molecule has 2 aromatic rings. The van der Waals surface area contributed by atoms with Crippen molar-refractivity contribution in [1.29, 1.82) is 0 Å². The van der Waals surface area contributed by atoms with Crippen LogP contribution in [0.2, 0.25) is 0 Å². The standard InChI is InChI=1S/C19H23FN4O3/c1-13-8-16(27-22-13)18(25)24-11-19(12-24)9-14(5-7-23(19)2)10-26-17-15(20)4-3-6-21-17/h3-4,6,8,14H,5,7,9-12H2,1-2H3. The van der Waals surface area contributed by atoms with Crippen LogP contribution in [0.4, 0.5) is 4.39 Å². The van der Waals surface area contributed by atoms with E-state index in [0.29, 0.717) is 31.3 Å². The molecule has 7 nitrogen and oxygen atoms in total. The number of nitrogens with zero attached hydrogens (tertiary/aromatic N) is 4. The molecular formula is C19H23FN4O3. The topological polar surface area (TPSA) is 71.7 Å². The van der Waals surface area contributed by atoms with Gasteiger partial charge in [0.15, 0.2) is 5.82 Å². The lowest BCUT2D eigenvalue weighted by Gasteiger charge is -2.58. The van der Waals surface area contributed by atoms with E-state index in [4.69, 9.17) is 9.26 Å². The maximum atomic E-state index is 13.7. The normalized spacial score (nSPS) is 21.9. The minimum absolute atomic E-state index is 0.0524. The molecule has 0 aromatic carbocycles. The largest absolute Gasteiger partial charge is 0.475 e. The minimum Gasteiger partial charge on any atom is -0.475 e. The number of hydrogen-bond acceptors (Lipinski definition) is 6. The summed E-state index contributed by atoms with van der Waals surface area (Å²) in [6.07, 6.45) is 3.40. The van der Waals surface area contributed by atoms with E-state index < -0.39 is 5.82 Å². The van der Waals surface area contributed by atoms with E-state index in [1.807, 2.05) is 0 Å². The van der Waals surface area contributed by atoms with E-state index >= 15 is 0 Å². The third-order valence-electron chi connectivity index (χ3n) is 5.63. The molecule has 8 heteroatoms. The Labute approximate surface area is 157 Å². The molecule has 0 bridgehead atoms. The Morgan fingerprint density at radius 2 is 2.30 bits per heavy atom. The molecule has 4 heterocycles. The summed E-state index contributed by atoms with van der Waals surface area (Å²) in [6, 6.07) is 4.55. The third kappa shape index (κ3) is 3.41. The van der Waals surface area contributed by atoms with Gasteiger partial charge in [-0.15, -0.1) is 0 Å². The lowest BCUT2D eigenvalue weighted by Crippen LogP contribution is -2.72. The van der Waals surface area contributed by atoms with Gasteiger partial charge >= 0.3 is 0 Å². The zero-order chi connectivity index (χ0) is 19.0. The number of ether oxygens (including phenoxy) is 1. The Kier molecular flexibility index (Phi) is 4.59. The SMILES string of the molecule is Cc1cc(C(=O)N2CC3(CC(COc4ncccc4F)CCN3C)C2)on1. The van der Waals surface area contributed by atoms with Gasteiger partial charge < -0.3 is 14.2 Å². The maximum absolute atomic E-state index is 13.7. The highest BCUT2D eigenvalue weighted by Gasteiger charge is 2.51. The molecule has 2 aliphatic rings. The number of carbonyl (C=O) groups excluding carboxylic acids is 1. The highest BCUT2D eigenvalue weighted by atomic mass is 19.1. The number of aryl methyl sites for hydroxylation is 1. The number of aromatic nitrogens is 2. The molecule has 2 aromatic heterocycles. The zero-order valence-corrected chi connectivity index (χ0v) is 15.5. The van der Waals surface area contributed by atoms with Gasteiger partial charge in [-0.2, -0.15) is 0 Å². The molecule has 2 fully saturated rings. The van der Waals surface area contributed by atoms with Gasteiger partial charge in [0.05, 0.1) is 17.8 Å². The molecule has 0 N–H and O–H groups in total. The van der Waals surface area contributed by atoms with Crippen LogP contribution in [0.25, 0.3) is 0 Å². The second kappa shape index (κ2) is 6.92. The zero-order valence-electron chi connectivity index (χ0n) is 15.5. The predicted molar refractivity (Wildman–Crippen MR) is 94.9 cm³/mol. The second-order valence-electron chi connectivity index (χ2n) is 7.60. The van der Waals surface area contributed by atoms with Crippen molar-refractivity contribution in [3.05, 3.63) is 41.7 Å². The molecule has 1 spiro atoms. The van der Waals surface area contributed by atoms with Gasteiger partial charge in [0.2, 0.25) is 11.6 Å². The molecule has 27 heavy (non-hydrogen) atoms. The van der Waals surface area contributed by atoms with Crippen LogP contribution in [-0.4, -0.2) is 64.7 Å². The van der Waals surface area contributed by atoms with Crippen molar-refractivity contribution >= 4 is 5.91 Å². The highest BCUT2D eigenvalue weighted by molar-refractivity contribution is 5.92. The third-order valence-corrected chi connectivity index (χ3v) is 5.63. The first-order valence-electron chi connectivity index (χ1n) is 9.14. The Morgan fingerprint density at radius 3 is 3.00 bits per heavy atom. The van der Waals surface area contributed by atoms with Crippen LogP contribution in [0.1, 0.15) is 29.1 Å². The highest BCUT2D eigenvalue weighted by Crippen LogP contribution is 2.39. The maximum Gasteiger partial charge on any atom is 0.292 e. The number of likely N-dealkylation sites (tertiary alicyclic amines) is 2. The summed E-state index contributed by atoms with van der Waals surface area (Å²) in [5, 5.41) is 3.78. The summed E-state index contributed by atoms with van der Waals surface area (Å²) in [5.74, 6) is 0.0711. The van der Waals surface area contributed by atoms with Gasteiger partial charge in [0, 0.05) is 25.4 Å². The summed E-state index contributed by atoms with van der Waals surface area (Å²) < 4.78 is 24.4. The van der Waals surface area contributed by atoms with E-state index in [0.717, 1.165) is 19.4 Å². The summed E-state index contributed by atoms with van der Waals surface area (Å²) in [4.78, 5) is 20.6. The Balaban J connectivity index is 1.36. The van der Waals surface area contributed by atoms with Gasteiger partial charge in [0.1, 0.15) is 0 Å². The van der Waals surface area contributed by atoms with E-state index in [-0.39, 0.29) is 23.1 Å². The average Bonchev–Trinajstić information content (AvgIpc) is 3.06. The van der Waals surface area contributed by atoms with Crippen molar-refractivity contribution in [2.45, 2.75) is 25.3 Å². The molecule has 144 valence electrons. The van der Waals surface area contributed by atoms with E-state index in [1.165, 1.54) is 12.3 Å². The molecule has 2 aliphatic heterocycles. The number of likely N-dealkylation sites (N-methyl/N-ethyl adjacent to an activating group) is 1. The molecule has 4 rings (SSSR count). The van der Waals surface area contributed by atoms with Crippen LogP contribution < -0.4 is 4.74 Å². The number of halogens is 1. The van der Waals surface area contributed by atoms with Gasteiger partial charge in [-0.25, -0.2) is 9.37 Å². The smallest absolute Gasteiger partial charge is 0.292 e. The van der Waals surface area contributed by atoms with Crippen LogP contribution >= 0.6 is 0 Å². The van der Waals surface area contributed by atoms with E-state index in [9.17, 15) is 9.18 Å². The average molecular weight is 374 g/mol. The number of piperidine rings is 1. The van der Waals surface area contributed by atoms with Crippen LogP contribution in [0.5, 0.6) is 5.88 Å². The molecule has 0 radical (unpaired) electrons. The Morgan fingerprint density at radius 1 is 1.48 bits per heavy atom.